The van der Waals surface area contributed by atoms with E-state index in [0.29, 0.717) is 11.6 Å². The molecule has 1 unspecified atom stereocenters. The largest absolute Gasteiger partial charge is 0.481 e. The van der Waals surface area contributed by atoms with Crippen molar-refractivity contribution in [3.8, 4) is 33.7 Å². The summed E-state index contributed by atoms with van der Waals surface area (Å²) in [6, 6.07) is 31.4. The molecule has 36 heavy (non-hydrogen) atoms. The molecule has 6 heteroatoms. The highest BCUT2D eigenvalue weighted by Gasteiger charge is 2.20. The van der Waals surface area contributed by atoms with Crippen LogP contribution in [0.25, 0.3) is 33.7 Å². The van der Waals surface area contributed by atoms with E-state index in [0.717, 1.165) is 44.9 Å². The van der Waals surface area contributed by atoms with Gasteiger partial charge < -0.3 is 14.9 Å². The van der Waals surface area contributed by atoms with Gasteiger partial charge in [-0.25, -0.2) is 4.98 Å². The molecule has 6 nitrogen and oxygen atoms in total. The summed E-state index contributed by atoms with van der Waals surface area (Å²) in [6.45, 7) is 3.57. The fourth-order valence-electron chi connectivity index (χ4n) is 4.13. The highest BCUT2D eigenvalue weighted by atomic mass is 16.5. The lowest BCUT2D eigenvalue weighted by atomic mass is 9.94. The molecule has 2 aromatic heterocycles. The zero-order valence-corrected chi connectivity index (χ0v) is 20.0. The Balaban J connectivity index is 1.50. The van der Waals surface area contributed by atoms with E-state index in [2.05, 4.69) is 10.5 Å². The molecular formula is C30H25N3O3. The Labute approximate surface area is 209 Å². The number of hydrogen-bond acceptors (Lipinski definition) is 5. The van der Waals surface area contributed by atoms with Crippen molar-refractivity contribution in [2.75, 3.05) is 5.32 Å². The molecule has 0 aliphatic rings. The first kappa shape index (κ1) is 23.1. The van der Waals surface area contributed by atoms with E-state index in [9.17, 15) is 9.90 Å². The van der Waals surface area contributed by atoms with Crippen LogP contribution < -0.4 is 5.32 Å². The van der Waals surface area contributed by atoms with Crippen molar-refractivity contribution >= 4 is 17.5 Å². The summed E-state index contributed by atoms with van der Waals surface area (Å²) in [6.07, 6.45) is 0. The van der Waals surface area contributed by atoms with Gasteiger partial charge in [0, 0.05) is 11.1 Å². The van der Waals surface area contributed by atoms with Crippen LogP contribution in [0.4, 0.5) is 11.5 Å². The fraction of sp³-hybridized carbons (Fsp3) is 0.100. The van der Waals surface area contributed by atoms with E-state index >= 15 is 0 Å². The van der Waals surface area contributed by atoms with E-state index in [1.807, 2.05) is 104 Å². The number of aliphatic carboxylic acids is 1. The van der Waals surface area contributed by atoms with Gasteiger partial charge in [0.05, 0.1) is 11.6 Å². The number of rotatable bonds is 7. The van der Waals surface area contributed by atoms with Gasteiger partial charge in [0.25, 0.3) is 0 Å². The Hall–Kier alpha value is -4.71. The van der Waals surface area contributed by atoms with Gasteiger partial charge in [-0.1, -0.05) is 90.1 Å². The van der Waals surface area contributed by atoms with Crippen LogP contribution in [0, 0.1) is 6.92 Å². The molecule has 1 atom stereocenters. The van der Waals surface area contributed by atoms with Crippen molar-refractivity contribution in [1.82, 2.24) is 10.1 Å². The summed E-state index contributed by atoms with van der Waals surface area (Å²) in [7, 11) is 0. The highest BCUT2D eigenvalue weighted by molar-refractivity contribution is 5.88. The lowest BCUT2D eigenvalue weighted by Gasteiger charge is -2.12. The number of carbonyl (C=O) groups is 1. The molecule has 0 spiro atoms. The quantitative estimate of drug-likeness (QED) is 0.257. The van der Waals surface area contributed by atoms with Gasteiger partial charge >= 0.3 is 5.97 Å². The average Bonchev–Trinajstić information content (AvgIpc) is 3.28. The second-order valence-corrected chi connectivity index (χ2v) is 8.60. The molecule has 0 aliphatic heterocycles. The number of nitrogens with zero attached hydrogens (tertiary/aromatic N) is 2. The maximum atomic E-state index is 11.4. The number of carboxylic acids is 1. The van der Waals surface area contributed by atoms with Crippen molar-refractivity contribution in [1.29, 1.82) is 0 Å². The number of aryl methyl sites for hydroxylation is 1. The van der Waals surface area contributed by atoms with Crippen LogP contribution in [-0.4, -0.2) is 21.2 Å². The highest BCUT2D eigenvalue weighted by Crippen LogP contribution is 2.39. The average molecular weight is 476 g/mol. The number of hydrogen-bond donors (Lipinski definition) is 2. The Kier molecular flexibility index (Phi) is 6.33. The maximum Gasteiger partial charge on any atom is 0.310 e. The van der Waals surface area contributed by atoms with E-state index < -0.39 is 11.9 Å². The van der Waals surface area contributed by atoms with Crippen LogP contribution in [0.1, 0.15) is 24.1 Å². The van der Waals surface area contributed by atoms with Crippen LogP contribution in [-0.2, 0) is 4.79 Å². The van der Waals surface area contributed by atoms with Crippen molar-refractivity contribution in [3.05, 3.63) is 108 Å². The summed E-state index contributed by atoms with van der Waals surface area (Å²) in [4.78, 5) is 16.1. The molecule has 2 heterocycles. The van der Waals surface area contributed by atoms with Crippen LogP contribution >= 0.6 is 0 Å². The van der Waals surface area contributed by atoms with Crippen LogP contribution in [0.2, 0.25) is 0 Å². The number of anilines is 2. The zero-order chi connectivity index (χ0) is 25.1. The lowest BCUT2D eigenvalue weighted by molar-refractivity contribution is -0.138. The lowest BCUT2D eigenvalue weighted by Crippen LogP contribution is -2.06. The van der Waals surface area contributed by atoms with Gasteiger partial charge in [-0.05, 0) is 42.7 Å². The number of pyridine rings is 1. The number of nitrogens with one attached hydrogen (secondary N) is 1. The third kappa shape index (κ3) is 4.61. The molecule has 178 valence electrons. The predicted molar refractivity (Wildman–Crippen MR) is 141 cm³/mol. The molecule has 2 N–H and O–H groups in total. The summed E-state index contributed by atoms with van der Waals surface area (Å²) < 4.78 is 5.81. The zero-order valence-electron chi connectivity index (χ0n) is 20.0. The molecule has 0 aliphatic carbocycles. The first-order valence-corrected chi connectivity index (χ1v) is 11.7. The second-order valence-electron chi connectivity index (χ2n) is 8.60. The third-order valence-corrected chi connectivity index (χ3v) is 6.20. The smallest absolute Gasteiger partial charge is 0.310 e. The number of carboxylic acid groups (broad SMARTS) is 1. The minimum atomic E-state index is -0.846. The molecule has 0 bridgehead atoms. The number of aromatic nitrogens is 2. The Bertz CT molecular complexity index is 1510. The van der Waals surface area contributed by atoms with Crippen LogP contribution in [0.15, 0.2) is 102 Å². The minimum absolute atomic E-state index is 0.568. The van der Waals surface area contributed by atoms with Gasteiger partial charge in [-0.15, -0.1) is 0 Å². The fourth-order valence-corrected chi connectivity index (χ4v) is 4.13. The minimum Gasteiger partial charge on any atom is -0.481 e. The monoisotopic (exact) mass is 475 g/mol. The van der Waals surface area contributed by atoms with E-state index in [1.54, 1.807) is 6.92 Å². The second kappa shape index (κ2) is 9.88. The van der Waals surface area contributed by atoms with Crippen LogP contribution in [0.3, 0.4) is 0 Å². The van der Waals surface area contributed by atoms with E-state index in [4.69, 9.17) is 9.51 Å². The third-order valence-electron chi connectivity index (χ3n) is 6.20. The topological polar surface area (TPSA) is 88.2 Å². The van der Waals surface area contributed by atoms with Gasteiger partial charge in [0.1, 0.15) is 17.2 Å². The summed E-state index contributed by atoms with van der Waals surface area (Å²) in [5.74, 6) is -0.117. The van der Waals surface area contributed by atoms with Crippen LogP contribution in [0.5, 0.6) is 0 Å². The molecule has 0 saturated carbocycles. The molecular weight excluding hydrogens is 450 g/mol. The molecule has 5 rings (SSSR count). The van der Waals surface area contributed by atoms with E-state index in [-0.39, 0.29) is 0 Å². The predicted octanol–water partition coefficient (Wildman–Crippen LogP) is 7.31. The normalized spacial score (nSPS) is 11.7. The molecule has 0 radical (unpaired) electrons. The van der Waals surface area contributed by atoms with E-state index in [1.165, 1.54) is 0 Å². The molecule has 0 fully saturated rings. The Morgan fingerprint density at radius 3 is 2.25 bits per heavy atom. The van der Waals surface area contributed by atoms with Crippen molar-refractivity contribution < 1.29 is 14.4 Å². The van der Waals surface area contributed by atoms with Gasteiger partial charge in [-0.2, -0.15) is 0 Å². The first-order chi connectivity index (χ1) is 17.5. The van der Waals surface area contributed by atoms with Crippen molar-refractivity contribution in [2.45, 2.75) is 19.8 Å². The summed E-state index contributed by atoms with van der Waals surface area (Å²) in [5, 5.41) is 17.0. The number of benzene rings is 3. The van der Waals surface area contributed by atoms with Gasteiger partial charge in [-0.3, -0.25) is 4.79 Å². The molecule has 3 aromatic carbocycles. The maximum absolute atomic E-state index is 11.4. The molecule has 5 aromatic rings. The Morgan fingerprint density at radius 2 is 1.53 bits per heavy atom. The SMILES string of the molecule is Cc1noc(-c2ccccc2-c2ccc(C(C)C(=O)O)cc2)c1Nc1cccc(-c2ccccc2)n1. The van der Waals surface area contributed by atoms with Crippen molar-refractivity contribution in [2.24, 2.45) is 0 Å². The standard InChI is InChI=1S/C30H25N3O3/c1-19(30(34)35)21-15-17-22(18-16-21)24-11-6-7-12-25(24)29-28(20(2)33-36-29)32-27-14-8-13-26(31-27)23-9-4-3-5-10-23/h3-19H,1-2H3,(H,31,32)(H,34,35). The van der Waals surface area contributed by atoms with Crippen molar-refractivity contribution in [3.63, 3.8) is 0 Å². The molecule has 0 saturated heterocycles. The van der Waals surface area contributed by atoms with Gasteiger partial charge in [0.2, 0.25) is 0 Å². The first-order valence-electron chi connectivity index (χ1n) is 11.7. The summed E-state index contributed by atoms with van der Waals surface area (Å²) in [5.41, 5.74) is 6.91. The van der Waals surface area contributed by atoms with Gasteiger partial charge in [0.15, 0.2) is 5.76 Å². The summed E-state index contributed by atoms with van der Waals surface area (Å²) >= 11 is 0. The Morgan fingerprint density at radius 1 is 0.833 bits per heavy atom. The molecule has 0 amide bonds.